The lowest BCUT2D eigenvalue weighted by Crippen LogP contribution is -2.54. The molecule has 0 saturated carbocycles. The lowest BCUT2D eigenvalue weighted by Gasteiger charge is -2.34. The molecule has 2 aliphatic rings. The zero-order valence-electron chi connectivity index (χ0n) is 17.1. The van der Waals surface area contributed by atoms with Gasteiger partial charge in [0.1, 0.15) is 4.90 Å². The number of para-hydroxylation sites is 1. The number of amides is 2. The van der Waals surface area contributed by atoms with Crippen molar-refractivity contribution in [3.63, 3.8) is 0 Å². The Balaban J connectivity index is 1.61. The summed E-state index contributed by atoms with van der Waals surface area (Å²) in [6.07, 6.45) is 2.25. The van der Waals surface area contributed by atoms with E-state index in [4.69, 9.17) is 11.6 Å². The fourth-order valence-electron chi connectivity index (χ4n) is 4.36. The molecule has 31 heavy (non-hydrogen) atoms. The maximum absolute atomic E-state index is 13.4. The number of phenols is 1. The van der Waals surface area contributed by atoms with Crippen molar-refractivity contribution in [3.8, 4) is 5.75 Å². The van der Waals surface area contributed by atoms with Gasteiger partial charge in [-0.2, -0.15) is 4.31 Å². The molecule has 10 heteroatoms. The number of hydrogen-bond donors (Lipinski definition) is 4. The highest BCUT2D eigenvalue weighted by Crippen LogP contribution is 2.42. The largest absolute Gasteiger partial charge is 0.504 e. The number of carbonyl (C=O) groups is 1. The Morgan fingerprint density at radius 1 is 1.13 bits per heavy atom. The molecule has 2 heterocycles. The van der Waals surface area contributed by atoms with Gasteiger partial charge in [0.15, 0.2) is 5.75 Å². The molecule has 4 N–H and O–H groups in total. The molecular formula is C21H25ClN4O4S. The first kappa shape index (κ1) is 21.9. The predicted molar refractivity (Wildman–Crippen MR) is 120 cm³/mol. The number of nitrogens with one attached hydrogen (secondary N) is 3. The Labute approximate surface area is 186 Å². The molecule has 2 bridgehead atoms. The molecule has 0 radical (unpaired) electrons. The molecule has 0 aliphatic carbocycles. The van der Waals surface area contributed by atoms with Crippen molar-refractivity contribution < 1.29 is 18.3 Å². The number of fused-ring (bicyclic) bond motifs is 2. The van der Waals surface area contributed by atoms with Gasteiger partial charge in [-0.3, -0.25) is 0 Å². The minimum Gasteiger partial charge on any atom is -0.504 e. The molecule has 0 unspecified atom stereocenters. The molecule has 2 fully saturated rings. The highest BCUT2D eigenvalue weighted by Gasteiger charge is 2.46. The molecule has 0 aromatic heterocycles. The van der Waals surface area contributed by atoms with Crippen LogP contribution >= 0.6 is 11.6 Å². The van der Waals surface area contributed by atoms with Gasteiger partial charge in [0.2, 0.25) is 10.0 Å². The van der Waals surface area contributed by atoms with Crippen LogP contribution in [0.1, 0.15) is 25.3 Å². The summed E-state index contributed by atoms with van der Waals surface area (Å²) < 4.78 is 28.3. The second-order valence-electron chi connectivity index (χ2n) is 7.74. The number of piperazine rings is 1. The molecule has 4 rings (SSSR count). The fraction of sp³-hybridized carbons (Fsp3) is 0.381. The molecule has 166 valence electrons. The molecule has 2 aromatic carbocycles. The van der Waals surface area contributed by atoms with Crippen LogP contribution in [-0.4, -0.2) is 49.0 Å². The Hall–Kier alpha value is -2.33. The minimum absolute atomic E-state index is 0.0306. The second kappa shape index (κ2) is 8.66. The molecule has 0 spiro atoms. The van der Waals surface area contributed by atoms with E-state index in [0.717, 1.165) is 24.8 Å². The third-order valence-electron chi connectivity index (χ3n) is 5.83. The van der Waals surface area contributed by atoms with Crippen LogP contribution in [0.5, 0.6) is 5.75 Å². The SMILES string of the molecule is CCc1ccccc1NC(=O)Nc1ccc(Cl)c(S(=O)(=O)N2[C@@H]3CC[C@H]2CNC3)c1O. The van der Waals surface area contributed by atoms with Crippen LogP contribution < -0.4 is 16.0 Å². The van der Waals surface area contributed by atoms with E-state index in [-0.39, 0.29) is 27.7 Å². The molecule has 2 atom stereocenters. The van der Waals surface area contributed by atoms with Gasteiger partial charge in [-0.05, 0) is 43.0 Å². The van der Waals surface area contributed by atoms with Gasteiger partial charge in [0.05, 0.1) is 10.7 Å². The second-order valence-corrected chi connectivity index (χ2v) is 9.93. The van der Waals surface area contributed by atoms with Crippen LogP contribution in [0.4, 0.5) is 16.2 Å². The monoisotopic (exact) mass is 464 g/mol. The van der Waals surface area contributed by atoms with Gasteiger partial charge in [0.25, 0.3) is 0 Å². The summed E-state index contributed by atoms with van der Waals surface area (Å²) in [5.41, 5.74) is 1.56. The van der Waals surface area contributed by atoms with E-state index in [1.54, 1.807) is 12.1 Å². The molecule has 2 amide bonds. The average Bonchev–Trinajstić information content (AvgIpc) is 3.01. The highest BCUT2D eigenvalue weighted by atomic mass is 35.5. The van der Waals surface area contributed by atoms with E-state index >= 15 is 0 Å². The zero-order chi connectivity index (χ0) is 22.2. The zero-order valence-corrected chi connectivity index (χ0v) is 18.6. The molecule has 2 aromatic rings. The molecule has 8 nitrogen and oxygen atoms in total. The van der Waals surface area contributed by atoms with Crippen molar-refractivity contribution in [2.24, 2.45) is 0 Å². The summed E-state index contributed by atoms with van der Waals surface area (Å²) in [4.78, 5) is 12.2. The molecule has 2 saturated heterocycles. The van der Waals surface area contributed by atoms with Crippen molar-refractivity contribution in [2.75, 3.05) is 23.7 Å². The summed E-state index contributed by atoms with van der Waals surface area (Å²) >= 11 is 6.22. The number of phenolic OH excluding ortho intramolecular Hbond substituents is 1. The number of nitrogens with zero attached hydrogens (tertiary/aromatic N) is 1. The standard InChI is InChI=1S/C21H25ClN4O4S/c1-2-13-5-3-4-6-17(13)24-21(28)25-18-10-9-16(22)20(19(18)27)31(29,30)26-14-7-8-15(26)12-23-11-14/h3-6,9-10,14-15,23,27H,2,7-8,11-12H2,1H3,(H2,24,25,28)/t14-,15+. The number of aryl methyl sites for hydroxylation is 1. The summed E-state index contributed by atoms with van der Waals surface area (Å²) in [5.74, 6) is -0.565. The summed E-state index contributed by atoms with van der Waals surface area (Å²) in [6, 6.07) is 9.17. The number of aromatic hydroxyl groups is 1. The summed E-state index contributed by atoms with van der Waals surface area (Å²) in [5, 5.41) is 19.2. The van der Waals surface area contributed by atoms with E-state index in [1.165, 1.54) is 16.4 Å². The van der Waals surface area contributed by atoms with E-state index in [1.807, 2.05) is 19.1 Å². The fourth-order valence-corrected chi connectivity index (χ4v) is 6.82. The Kier molecular flexibility index (Phi) is 6.11. The maximum atomic E-state index is 13.4. The summed E-state index contributed by atoms with van der Waals surface area (Å²) in [7, 11) is -4.05. The van der Waals surface area contributed by atoms with Crippen molar-refractivity contribution in [3.05, 3.63) is 47.0 Å². The van der Waals surface area contributed by atoms with Gasteiger partial charge >= 0.3 is 6.03 Å². The molecule has 2 aliphatic heterocycles. The van der Waals surface area contributed by atoms with E-state index in [0.29, 0.717) is 18.8 Å². The average molecular weight is 465 g/mol. The van der Waals surface area contributed by atoms with Gasteiger partial charge in [0, 0.05) is 30.9 Å². The minimum atomic E-state index is -4.05. The Morgan fingerprint density at radius 2 is 1.77 bits per heavy atom. The third kappa shape index (κ3) is 4.10. The van der Waals surface area contributed by atoms with Crippen LogP contribution in [0, 0.1) is 0 Å². The van der Waals surface area contributed by atoms with Crippen molar-refractivity contribution in [1.82, 2.24) is 9.62 Å². The number of rotatable bonds is 5. The van der Waals surface area contributed by atoms with Crippen molar-refractivity contribution >= 4 is 39.0 Å². The Morgan fingerprint density at radius 3 is 2.45 bits per heavy atom. The number of sulfonamides is 1. The third-order valence-corrected chi connectivity index (χ3v) is 8.33. The number of hydrogen-bond acceptors (Lipinski definition) is 5. The van der Waals surface area contributed by atoms with Crippen LogP contribution in [-0.2, 0) is 16.4 Å². The number of benzene rings is 2. The summed E-state index contributed by atoms with van der Waals surface area (Å²) in [6.45, 7) is 3.10. The number of anilines is 2. The number of urea groups is 1. The highest BCUT2D eigenvalue weighted by molar-refractivity contribution is 7.89. The number of carbonyl (C=O) groups excluding carboxylic acids is 1. The first-order valence-corrected chi connectivity index (χ1v) is 12.1. The maximum Gasteiger partial charge on any atom is 0.323 e. The lowest BCUT2D eigenvalue weighted by atomic mass is 10.1. The van der Waals surface area contributed by atoms with Gasteiger partial charge in [-0.1, -0.05) is 36.7 Å². The van der Waals surface area contributed by atoms with Gasteiger partial charge in [-0.25, -0.2) is 13.2 Å². The van der Waals surface area contributed by atoms with Gasteiger partial charge in [-0.15, -0.1) is 0 Å². The molecular weight excluding hydrogens is 440 g/mol. The predicted octanol–water partition coefficient (Wildman–Crippen LogP) is 3.38. The number of halogens is 1. The van der Waals surface area contributed by atoms with Gasteiger partial charge < -0.3 is 21.1 Å². The topological polar surface area (TPSA) is 111 Å². The van der Waals surface area contributed by atoms with E-state index in [9.17, 15) is 18.3 Å². The van der Waals surface area contributed by atoms with E-state index in [2.05, 4.69) is 16.0 Å². The first-order chi connectivity index (χ1) is 14.8. The normalized spacial score (nSPS) is 21.1. The van der Waals surface area contributed by atoms with Crippen molar-refractivity contribution in [1.29, 1.82) is 0 Å². The van der Waals surface area contributed by atoms with Crippen LogP contribution in [0.25, 0.3) is 0 Å². The lowest BCUT2D eigenvalue weighted by molar-refractivity contribution is 0.261. The van der Waals surface area contributed by atoms with E-state index < -0.39 is 21.8 Å². The van der Waals surface area contributed by atoms with Crippen LogP contribution in [0.3, 0.4) is 0 Å². The quantitative estimate of drug-likeness (QED) is 0.507. The van der Waals surface area contributed by atoms with Crippen LogP contribution in [0.15, 0.2) is 41.3 Å². The first-order valence-electron chi connectivity index (χ1n) is 10.2. The Bertz CT molecular complexity index is 1090. The van der Waals surface area contributed by atoms with Crippen molar-refractivity contribution in [2.45, 2.75) is 43.2 Å². The van der Waals surface area contributed by atoms with Crippen LogP contribution in [0.2, 0.25) is 5.02 Å². The smallest absolute Gasteiger partial charge is 0.323 e.